The summed E-state index contributed by atoms with van der Waals surface area (Å²) >= 11 is 0. The quantitative estimate of drug-likeness (QED) is 0.339. The van der Waals surface area contributed by atoms with Crippen LogP contribution in [0.4, 0.5) is 4.39 Å². The van der Waals surface area contributed by atoms with Gasteiger partial charge in [-0.2, -0.15) is 0 Å². The first-order valence-corrected chi connectivity index (χ1v) is 9.27. The molecule has 3 aromatic carbocycles. The number of benzene rings is 3. The van der Waals surface area contributed by atoms with Crippen molar-refractivity contribution in [3.8, 4) is 23.0 Å². The molecule has 156 valence electrons. The van der Waals surface area contributed by atoms with Crippen LogP contribution in [0.3, 0.4) is 0 Å². The average molecular weight is 420 g/mol. The van der Waals surface area contributed by atoms with E-state index in [1.165, 1.54) is 62.8 Å². The van der Waals surface area contributed by atoms with Crippen molar-refractivity contribution in [2.45, 2.75) is 0 Å². The molecule has 6 nitrogen and oxygen atoms in total. The predicted molar refractivity (Wildman–Crippen MR) is 110 cm³/mol. The zero-order chi connectivity index (χ0) is 22.0. The minimum atomic E-state index is -0.680. The number of ketones is 1. The van der Waals surface area contributed by atoms with Gasteiger partial charge in [0.2, 0.25) is 5.78 Å². The molecular weight excluding hydrogens is 403 g/mol. The van der Waals surface area contributed by atoms with Gasteiger partial charge in [-0.15, -0.1) is 0 Å². The summed E-state index contributed by atoms with van der Waals surface area (Å²) in [5.41, 5.74) is 1.09. The molecule has 0 saturated heterocycles. The topological polar surface area (TPSA) is 71.1 Å². The van der Waals surface area contributed by atoms with Crippen molar-refractivity contribution in [1.29, 1.82) is 0 Å². The number of carbonyl (C=O) groups excluding carboxylic acids is 2. The molecule has 31 heavy (non-hydrogen) atoms. The van der Waals surface area contributed by atoms with Gasteiger partial charge in [-0.25, -0.2) is 9.18 Å². The molecule has 0 aromatic heterocycles. The number of Topliss-reactive ketones (excluding diaryl/α,β-unsaturated/α-hetero) is 1. The Morgan fingerprint density at radius 2 is 1.65 bits per heavy atom. The van der Waals surface area contributed by atoms with Gasteiger partial charge in [0.25, 0.3) is 0 Å². The highest BCUT2D eigenvalue weighted by molar-refractivity contribution is 6.14. The van der Waals surface area contributed by atoms with Gasteiger partial charge in [0, 0.05) is 6.07 Å². The van der Waals surface area contributed by atoms with Gasteiger partial charge in [0.15, 0.2) is 5.76 Å². The van der Waals surface area contributed by atoms with Crippen molar-refractivity contribution in [2.24, 2.45) is 0 Å². The number of allylic oxidation sites excluding steroid dienone is 1. The van der Waals surface area contributed by atoms with Gasteiger partial charge in [0.05, 0.1) is 19.8 Å². The van der Waals surface area contributed by atoms with E-state index in [9.17, 15) is 14.0 Å². The van der Waals surface area contributed by atoms with Crippen molar-refractivity contribution < 1.29 is 32.9 Å². The number of hydrogen-bond donors (Lipinski definition) is 0. The summed E-state index contributed by atoms with van der Waals surface area (Å²) in [7, 11) is 2.88. The number of carbonyl (C=O) groups is 2. The molecular formula is C24H17FO6. The Balaban J connectivity index is 1.58. The Kier molecular flexibility index (Phi) is 5.41. The minimum Gasteiger partial charge on any atom is -0.496 e. The Labute approximate surface area is 177 Å². The molecule has 1 aliphatic heterocycles. The molecule has 3 aromatic rings. The largest absolute Gasteiger partial charge is 0.496 e. The number of ether oxygens (including phenoxy) is 4. The molecule has 7 heteroatoms. The molecule has 0 spiro atoms. The lowest BCUT2D eigenvalue weighted by molar-refractivity contribution is 0.0727. The lowest BCUT2D eigenvalue weighted by Gasteiger charge is -2.12. The van der Waals surface area contributed by atoms with Crippen LogP contribution >= 0.6 is 0 Å². The van der Waals surface area contributed by atoms with Crippen molar-refractivity contribution in [3.63, 3.8) is 0 Å². The number of methoxy groups -OCH3 is 2. The fourth-order valence-electron chi connectivity index (χ4n) is 3.15. The number of fused-ring (bicyclic) bond motifs is 1. The third kappa shape index (κ3) is 3.98. The van der Waals surface area contributed by atoms with Crippen LogP contribution in [-0.2, 0) is 0 Å². The van der Waals surface area contributed by atoms with E-state index < -0.39 is 5.97 Å². The molecule has 1 aliphatic rings. The first-order chi connectivity index (χ1) is 15.0. The summed E-state index contributed by atoms with van der Waals surface area (Å²) in [6.45, 7) is 0. The highest BCUT2D eigenvalue weighted by Crippen LogP contribution is 2.36. The van der Waals surface area contributed by atoms with E-state index >= 15 is 0 Å². The summed E-state index contributed by atoms with van der Waals surface area (Å²) < 4.78 is 34.7. The van der Waals surface area contributed by atoms with E-state index in [1.54, 1.807) is 18.2 Å². The third-order valence-electron chi connectivity index (χ3n) is 4.65. The molecule has 1 heterocycles. The molecule has 0 unspecified atom stereocenters. The molecule has 0 bridgehead atoms. The van der Waals surface area contributed by atoms with E-state index in [0.29, 0.717) is 22.6 Å². The van der Waals surface area contributed by atoms with Gasteiger partial charge in [-0.1, -0.05) is 18.2 Å². The van der Waals surface area contributed by atoms with Crippen LogP contribution in [0.1, 0.15) is 26.3 Å². The number of hydrogen-bond acceptors (Lipinski definition) is 6. The van der Waals surface area contributed by atoms with Crippen LogP contribution in [-0.4, -0.2) is 26.0 Å². The number of halogens is 1. The van der Waals surface area contributed by atoms with Crippen LogP contribution in [0.25, 0.3) is 6.08 Å². The zero-order valence-electron chi connectivity index (χ0n) is 16.7. The van der Waals surface area contributed by atoms with Crippen LogP contribution in [0, 0.1) is 5.82 Å². The summed E-state index contributed by atoms with van der Waals surface area (Å²) in [6.07, 6.45) is 1.52. The molecule has 0 atom stereocenters. The lowest BCUT2D eigenvalue weighted by Crippen LogP contribution is -2.12. The number of rotatable bonds is 5. The van der Waals surface area contributed by atoms with Crippen LogP contribution in [0.2, 0.25) is 0 Å². The summed E-state index contributed by atoms with van der Waals surface area (Å²) in [5.74, 6) is -0.214. The second kappa shape index (κ2) is 8.31. The summed E-state index contributed by atoms with van der Waals surface area (Å²) in [5, 5.41) is 0. The van der Waals surface area contributed by atoms with Gasteiger partial charge in [0.1, 0.15) is 34.4 Å². The molecule has 0 fully saturated rings. The molecule has 0 radical (unpaired) electrons. The predicted octanol–water partition coefficient (Wildman–Crippen LogP) is 4.68. The van der Waals surface area contributed by atoms with Gasteiger partial charge in [-0.3, -0.25) is 4.79 Å². The second-order valence-corrected chi connectivity index (χ2v) is 6.58. The third-order valence-corrected chi connectivity index (χ3v) is 4.65. The smallest absolute Gasteiger partial charge is 0.351 e. The Bertz CT molecular complexity index is 1170. The molecule has 0 saturated carbocycles. The van der Waals surface area contributed by atoms with Gasteiger partial charge in [-0.05, 0) is 48.0 Å². The lowest BCUT2D eigenvalue weighted by atomic mass is 10.1. The average Bonchev–Trinajstić information content (AvgIpc) is 3.09. The Hall–Kier alpha value is -4.13. The summed E-state index contributed by atoms with van der Waals surface area (Å²) in [6, 6.07) is 15.1. The van der Waals surface area contributed by atoms with Crippen LogP contribution < -0.4 is 18.9 Å². The first-order valence-electron chi connectivity index (χ1n) is 9.27. The maximum absolute atomic E-state index is 13.1. The maximum Gasteiger partial charge on any atom is 0.351 e. The summed E-state index contributed by atoms with van der Waals surface area (Å²) in [4.78, 5) is 25.3. The molecule has 0 aliphatic carbocycles. The molecule has 4 rings (SSSR count). The van der Waals surface area contributed by atoms with Gasteiger partial charge >= 0.3 is 5.97 Å². The fourth-order valence-corrected chi connectivity index (χ4v) is 3.15. The molecule has 0 N–H and O–H groups in total. The Morgan fingerprint density at radius 1 is 0.968 bits per heavy atom. The van der Waals surface area contributed by atoms with E-state index in [-0.39, 0.29) is 34.4 Å². The van der Waals surface area contributed by atoms with Gasteiger partial charge < -0.3 is 18.9 Å². The normalized spacial score (nSPS) is 13.5. The standard InChI is InChI=1S/C24H17FO6/c1-28-18-4-3-5-19(29-2)22(18)24(27)30-16-10-11-17-20(13-16)31-21(23(17)26)12-14-6-8-15(25)9-7-14/h3-13H,1-2H3/b21-12-. The maximum atomic E-state index is 13.1. The van der Waals surface area contributed by atoms with E-state index in [1.807, 2.05) is 0 Å². The Morgan fingerprint density at radius 3 is 2.29 bits per heavy atom. The van der Waals surface area contributed by atoms with Crippen molar-refractivity contribution in [3.05, 3.63) is 88.9 Å². The molecule has 0 amide bonds. The monoisotopic (exact) mass is 420 g/mol. The van der Waals surface area contributed by atoms with Crippen molar-refractivity contribution in [2.75, 3.05) is 14.2 Å². The minimum absolute atomic E-state index is 0.0940. The van der Waals surface area contributed by atoms with Crippen molar-refractivity contribution >= 4 is 17.8 Å². The SMILES string of the molecule is COc1cccc(OC)c1C(=O)Oc1ccc2c(c1)O/C(=C\c1ccc(F)cc1)C2=O. The van der Waals surface area contributed by atoms with E-state index in [2.05, 4.69) is 0 Å². The van der Waals surface area contributed by atoms with Crippen LogP contribution in [0.15, 0.2) is 66.4 Å². The number of esters is 1. The first kappa shape index (κ1) is 20.2. The highest BCUT2D eigenvalue weighted by Gasteiger charge is 2.28. The fraction of sp³-hybridized carbons (Fsp3) is 0.0833. The highest BCUT2D eigenvalue weighted by atomic mass is 19.1. The zero-order valence-corrected chi connectivity index (χ0v) is 16.7. The van der Waals surface area contributed by atoms with Crippen LogP contribution in [0.5, 0.6) is 23.0 Å². The van der Waals surface area contributed by atoms with E-state index in [4.69, 9.17) is 18.9 Å². The van der Waals surface area contributed by atoms with E-state index in [0.717, 1.165) is 0 Å². The van der Waals surface area contributed by atoms with Crippen molar-refractivity contribution in [1.82, 2.24) is 0 Å². The second-order valence-electron chi connectivity index (χ2n) is 6.58.